The normalized spacial score (nSPS) is 23.5. The quantitative estimate of drug-likeness (QED) is 0.643. The number of halogens is 1. The van der Waals surface area contributed by atoms with Crippen LogP contribution in [0.4, 0.5) is 5.82 Å². The number of aromatic nitrogens is 2. The van der Waals surface area contributed by atoms with Gasteiger partial charge in [-0.1, -0.05) is 30.3 Å². The fourth-order valence-electron chi connectivity index (χ4n) is 2.94. The van der Waals surface area contributed by atoms with E-state index >= 15 is 0 Å². The zero-order chi connectivity index (χ0) is 15.7. The van der Waals surface area contributed by atoms with Gasteiger partial charge in [0.25, 0.3) is 0 Å². The Kier molecular flexibility index (Phi) is 3.85. The smallest absolute Gasteiger partial charge is 0.224 e. The summed E-state index contributed by atoms with van der Waals surface area (Å²) in [6.45, 7) is 3.92. The summed E-state index contributed by atoms with van der Waals surface area (Å²) < 4.78 is 5.93. The van der Waals surface area contributed by atoms with Gasteiger partial charge in [0.1, 0.15) is 5.82 Å². The third kappa shape index (κ3) is 2.58. The molecular formula is C16H16ClN3O2. The molecule has 1 fully saturated rings. The number of hydrogen-bond donors (Lipinski definition) is 0. The molecule has 0 radical (unpaired) electrons. The van der Waals surface area contributed by atoms with Crippen LogP contribution in [0.1, 0.15) is 25.5 Å². The molecule has 22 heavy (non-hydrogen) atoms. The van der Waals surface area contributed by atoms with Crippen molar-refractivity contribution in [3.05, 3.63) is 53.4 Å². The lowest BCUT2D eigenvalue weighted by molar-refractivity contribution is -0.120. The Hall–Kier alpha value is -1.98. The number of aldehydes is 1. The van der Waals surface area contributed by atoms with Crippen LogP contribution < -0.4 is 4.90 Å². The monoisotopic (exact) mass is 317 g/mol. The zero-order valence-corrected chi connectivity index (χ0v) is 13.1. The Labute approximate surface area is 133 Å². The summed E-state index contributed by atoms with van der Waals surface area (Å²) in [6, 6.07) is 11.5. The number of hydrogen-bond acceptors (Lipinski definition) is 5. The van der Waals surface area contributed by atoms with Gasteiger partial charge in [-0.05, 0) is 37.1 Å². The topological polar surface area (TPSA) is 55.3 Å². The van der Waals surface area contributed by atoms with Crippen LogP contribution >= 0.6 is 11.6 Å². The van der Waals surface area contributed by atoms with E-state index in [1.165, 1.54) is 0 Å². The first kappa shape index (κ1) is 14.9. The van der Waals surface area contributed by atoms with Crippen molar-refractivity contribution in [2.45, 2.75) is 31.7 Å². The second kappa shape index (κ2) is 5.66. The van der Waals surface area contributed by atoms with Crippen molar-refractivity contribution >= 4 is 23.7 Å². The lowest BCUT2D eigenvalue weighted by atomic mass is 9.91. The Morgan fingerprint density at radius 1 is 1.27 bits per heavy atom. The van der Waals surface area contributed by atoms with Crippen molar-refractivity contribution in [1.29, 1.82) is 0 Å². The molecule has 0 spiro atoms. The van der Waals surface area contributed by atoms with Crippen LogP contribution in [0.5, 0.6) is 0 Å². The number of ether oxygens (including phenoxy) is 1. The number of carbonyl (C=O) groups is 1. The van der Waals surface area contributed by atoms with Gasteiger partial charge in [0, 0.05) is 6.20 Å². The summed E-state index contributed by atoms with van der Waals surface area (Å²) in [4.78, 5) is 21.5. The maximum Gasteiger partial charge on any atom is 0.224 e. The third-order valence-electron chi connectivity index (χ3n) is 3.74. The van der Waals surface area contributed by atoms with Crippen LogP contribution in [0, 0.1) is 0 Å². The van der Waals surface area contributed by atoms with Crippen molar-refractivity contribution < 1.29 is 9.53 Å². The van der Waals surface area contributed by atoms with Gasteiger partial charge in [0.2, 0.25) is 5.28 Å². The highest BCUT2D eigenvalue weighted by Crippen LogP contribution is 2.44. The standard InChI is InChI=1S/C16H16ClN3O2/c1-16(2)14(11-6-4-3-5-7-11)20(13(10-21)22-16)12-8-9-18-15(17)19-12/h3-10,13-14H,1-2H3/t13?,14-/m0/s1. The number of anilines is 1. The summed E-state index contributed by atoms with van der Waals surface area (Å²) in [6.07, 6.45) is 1.63. The summed E-state index contributed by atoms with van der Waals surface area (Å²) >= 11 is 5.90. The van der Waals surface area contributed by atoms with Crippen molar-refractivity contribution in [1.82, 2.24) is 9.97 Å². The predicted octanol–water partition coefficient (Wildman–Crippen LogP) is 3.01. The molecule has 0 aliphatic carbocycles. The second-order valence-electron chi connectivity index (χ2n) is 5.65. The molecule has 3 rings (SSSR count). The molecule has 6 heteroatoms. The van der Waals surface area contributed by atoms with Gasteiger partial charge < -0.3 is 9.64 Å². The van der Waals surface area contributed by atoms with E-state index in [1.54, 1.807) is 12.3 Å². The van der Waals surface area contributed by atoms with E-state index in [4.69, 9.17) is 16.3 Å². The second-order valence-corrected chi connectivity index (χ2v) is 5.99. The van der Waals surface area contributed by atoms with Gasteiger partial charge >= 0.3 is 0 Å². The van der Waals surface area contributed by atoms with E-state index in [-0.39, 0.29) is 11.3 Å². The van der Waals surface area contributed by atoms with Gasteiger partial charge in [-0.3, -0.25) is 4.79 Å². The number of carbonyl (C=O) groups excluding carboxylic acids is 1. The number of nitrogens with zero attached hydrogens (tertiary/aromatic N) is 3. The fraction of sp³-hybridized carbons (Fsp3) is 0.312. The maximum absolute atomic E-state index is 11.5. The van der Waals surface area contributed by atoms with Gasteiger partial charge in [0.15, 0.2) is 12.5 Å². The van der Waals surface area contributed by atoms with Crippen LogP contribution in [-0.4, -0.2) is 28.1 Å². The lowest BCUT2D eigenvalue weighted by Gasteiger charge is -2.31. The molecule has 2 aromatic rings. The Balaban J connectivity index is 2.12. The molecule has 1 aromatic heterocycles. The minimum Gasteiger partial charge on any atom is -0.343 e. The van der Waals surface area contributed by atoms with E-state index in [9.17, 15) is 4.79 Å². The van der Waals surface area contributed by atoms with Crippen LogP contribution in [0.2, 0.25) is 5.28 Å². The summed E-state index contributed by atoms with van der Waals surface area (Å²) in [5, 5.41) is 0.138. The van der Waals surface area contributed by atoms with Gasteiger partial charge in [-0.25, -0.2) is 9.97 Å². The first-order chi connectivity index (χ1) is 10.5. The molecule has 1 aromatic carbocycles. The minimum atomic E-state index is -0.717. The molecule has 1 aliphatic heterocycles. The summed E-state index contributed by atoms with van der Waals surface area (Å²) in [7, 11) is 0. The molecule has 114 valence electrons. The predicted molar refractivity (Wildman–Crippen MR) is 83.7 cm³/mol. The molecule has 0 saturated carbocycles. The van der Waals surface area contributed by atoms with Crippen molar-refractivity contribution in [2.75, 3.05) is 4.90 Å². The first-order valence-corrected chi connectivity index (χ1v) is 7.35. The van der Waals surface area contributed by atoms with E-state index < -0.39 is 11.8 Å². The summed E-state index contributed by atoms with van der Waals surface area (Å²) in [5.74, 6) is 0.566. The van der Waals surface area contributed by atoms with Gasteiger partial charge in [0.05, 0.1) is 11.6 Å². The zero-order valence-electron chi connectivity index (χ0n) is 12.3. The van der Waals surface area contributed by atoms with Crippen LogP contribution in [-0.2, 0) is 9.53 Å². The van der Waals surface area contributed by atoms with Crippen molar-refractivity contribution in [2.24, 2.45) is 0 Å². The number of rotatable bonds is 3. The van der Waals surface area contributed by atoms with Gasteiger partial charge in [-0.15, -0.1) is 0 Å². The Morgan fingerprint density at radius 3 is 2.64 bits per heavy atom. The highest BCUT2D eigenvalue weighted by atomic mass is 35.5. The van der Waals surface area contributed by atoms with E-state index in [2.05, 4.69) is 9.97 Å². The van der Waals surface area contributed by atoms with Crippen LogP contribution in [0.3, 0.4) is 0 Å². The highest BCUT2D eigenvalue weighted by molar-refractivity contribution is 6.28. The van der Waals surface area contributed by atoms with Crippen molar-refractivity contribution in [3.8, 4) is 0 Å². The Bertz CT molecular complexity index is 678. The maximum atomic E-state index is 11.5. The fourth-order valence-corrected chi connectivity index (χ4v) is 3.08. The first-order valence-electron chi connectivity index (χ1n) is 6.98. The molecule has 1 aliphatic rings. The molecule has 0 amide bonds. The average Bonchev–Trinajstić information content (AvgIpc) is 2.79. The molecular weight excluding hydrogens is 302 g/mol. The highest BCUT2D eigenvalue weighted by Gasteiger charge is 2.49. The molecule has 5 nitrogen and oxygen atoms in total. The average molecular weight is 318 g/mol. The molecule has 0 bridgehead atoms. The van der Waals surface area contributed by atoms with E-state index in [0.717, 1.165) is 11.8 Å². The minimum absolute atomic E-state index is 0.138. The summed E-state index contributed by atoms with van der Waals surface area (Å²) in [5.41, 5.74) is 0.497. The van der Waals surface area contributed by atoms with Crippen LogP contribution in [0.15, 0.2) is 42.6 Å². The largest absolute Gasteiger partial charge is 0.343 e. The number of benzene rings is 1. The SMILES string of the molecule is CC1(C)OC(C=O)N(c2ccnc(Cl)n2)[C@H]1c1ccccc1. The lowest BCUT2D eigenvalue weighted by Crippen LogP contribution is -2.36. The van der Waals surface area contributed by atoms with Crippen molar-refractivity contribution in [3.63, 3.8) is 0 Å². The molecule has 2 heterocycles. The van der Waals surface area contributed by atoms with E-state index in [1.807, 2.05) is 49.1 Å². The Morgan fingerprint density at radius 2 is 2.00 bits per heavy atom. The molecule has 1 saturated heterocycles. The third-order valence-corrected chi connectivity index (χ3v) is 3.93. The van der Waals surface area contributed by atoms with Crippen LogP contribution in [0.25, 0.3) is 0 Å². The van der Waals surface area contributed by atoms with E-state index in [0.29, 0.717) is 5.82 Å². The van der Waals surface area contributed by atoms with Gasteiger partial charge in [-0.2, -0.15) is 0 Å². The molecule has 1 unspecified atom stereocenters. The molecule has 0 N–H and O–H groups in total. The molecule has 2 atom stereocenters.